The van der Waals surface area contributed by atoms with E-state index in [1.165, 1.54) is 19.7 Å². The molecule has 20 heavy (non-hydrogen) atoms. The Hall–Kier alpha value is -2.63. The Labute approximate surface area is 117 Å². The quantitative estimate of drug-likeness (QED) is 0.667. The third kappa shape index (κ3) is 3.03. The highest BCUT2D eigenvalue weighted by atomic mass is 16.6. The minimum Gasteiger partial charge on any atom is -0.438 e. The number of para-hydroxylation sites is 1. The smallest absolute Gasteiger partial charge is 0.233 e. The minimum absolute atomic E-state index is 0.282. The minimum atomic E-state index is 0.282. The van der Waals surface area contributed by atoms with Gasteiger partial charge in [0.05, 0.1) is 6.21 Å². The Balaban J connectivity index is 2.38. The van der Waals surface area contributed by atoms with Gasteiger partial charge in [-0.3, -0.25) is 0 Å². The lowest BCUT2D eigenvalue weighted by atomic mass is 10.1. The molecule has 0 spiro atoms. The van der Waals surface area contributed by atoms with Gasteiger partial charge in [-0.25, -0.2) is 9.97 Å². The van der Waals surface area contributed by atoms with E-state index in [0.29, 0.717) is 11.4 Å². The van der Waals surface area contributed by atoms with Crippen LogP contribution < -0.4 is 10.5 Å². The second-order valence-electron chi connectivity index (χ2n) is 3.96. The number of anilines is 1. The summed E-state index contributed by atoms with van der Waals surface area (Å²) in [7, 11) is 1.45. The molecular formula is C14H16N4O2. The molecule has 0 atom stereocenters. The van der Waals surface area contributed by atoms with Crippen LogP contribution in [-0.2, 0) is 11.3 Å². The number of nitrogen functional groups attached to an aromatic ring is 1. The van der Waals surface area contributed by atoms with Gasteiger partial charge in [0.15, 0.2) is 0 Å². The molecule has 0 amide bonds. The molecule has 0 saturated carbocycles. The highest BCUT2D eigenvalue weighted by Gasteiger charge is 2.11. The van der Waals surface area contributed by atoms with E-state index < -0.39 is 0 Å². The zero-order chi connectivity index (χ0) is 14.4. The average molecular weight is 272 g/mol. The summed E-state index contributed by atoms with van der Waals surface area (Å²) in [6.07, 6.45) is 3.64. The Morgan fingerprint density at radius 1 is 1.30 bits per heavy atom. The molecular weight excluding hydrogens is 256 g/mol. The van der Waals surface area contributed by atoms with Gasteiger partial charge in [-0.15, -0.1) is 0 Å². The van der Waals surface area contributed by atoms with Gasteiger partial charge < -0.3 is 15.3 Å². The lowest BCUT2D eigenvalue weighted by Gasteiger charge is -2.11. The lowest BCUT2D eigenvalue weighted by Crippen LogP contribution is -2.03. The summed E-state index contributed by atoms with van der Waals surface area (Å²) in [6.45, 7) is 2.06. The van der Waals surface area contributed by atoms with E-state index in [9.17, 15) is 0 Å². The molecule has 0 fully saturated rings. The molecule has 0 unspecified atom stereocenters. The maximum atomic E-state index is 5.83. The van der Waals surface area contributed by atoms with Crippen LogP contribution in [0.15, 0.2) is 35.7 Å². The normalized spacial score (nSPS) is 10.7. The van der Waals surface area contributed by atoms with E-state index in [0.717, 1.165) is 17.7 Å². The number of aryl methyl sites for hydroxylation is 1. The third-order valence-electron chi connectivity index (χ3n) is 2.73. The number of nitrogens with zero attached hydrogens (tertiary/aromatic N) is 3. The van der Waals surface area contributed by atoms with Crippen LogP contribution in [0.1, 0.15) is 18.1 Å². The molecule has 104 valence electrons. The van der Waals surface area contributed by atoms with Crippen LogP contribution >= 0.6 is 0 Å². The maximum Gasteiger partial charge on any atom is 0.233 e. The predicted octanol–water partition coefficient (Wildman–Crippen LogP) is 2.39. The molecule has 1 aromatic heterocycles. The average Bonchev–Trinajstić information content (AvgIpc) is 2.47. The van der Waals surface area contributed by atoms with Gasteiger partial charge in [-0.2, -0.15) is 0 Å². The molecule has 2 aromatic rings. The Bertz CT molecular complexity index is 614. The van der Waals surface area contributed by atoms with Crippen molar-refractivity contribution in [3.63, 3.8) is 0 Å². The first-order valence-electron chi connectivity index (χ1n) is 6.19. The van der Waals surface area contributed by atoms with Crippen molar-refractivity contribution in [2.24, 2.45) is 5.16 Å². The van der Waals surface area contributed by atoms with Crippen molar-refractivity contribution in [3.8, 4) is 11.6 Å². The van der Waals surface area contributed by atoms with Crippen LogP contribution in [0.25, 0.3) is 0 Å². The zero-order valence-electron chi connectivity index (χ0n) is 11.4. The second-order valence-corrected chi connectivity index (χ2v) is 3.96. The Kier molecular flexibility index (Phi) is 4.49. The summed E-state index contributed by atoms with van der Waals surface area (Å²) >= 11 is 0. The van der Waals surface area contributed by atoms with Crippen LogP contribution in [0, 0.1) is 0 Å². The molecule has 0 bridgehead atoms. The summed E-state index contributed by atoms with van der Waals surface area (Å²) in [6, 6.07) is 7.76. The molecule has 0 radical (unpaired) electrons. The van der Waals surface area contributed by atoms with E-state index in [4.69, 9.17) is 10.5 Å². The molecule has 2 N–H and O–H groups in total. The SMILES string of the molecule is CCc1ccccc1Oc1ncnc(N)c1/C=N\OC. The number of rotatable bonds is 5. The molecule has 0 saturated heterocycles. The number of hydrogen-bond acceptors (Lipinski definition) is 6. The number of hydrogen-bond donors (Lipinski definition) is 1. The molecule has 6 heteroatoms. The monoisotopic (exact) mass is 272 g/mol. The number of ether oxygens (including phenoxy) is 1. The fraction of sp³-hybridized carbons (Fsp3) is 0.214. The van der Waals surface area contributed by atoms with E-state index in [2.05, 4.69) is 26.9 Å². The molecule has 0 aliphatic rings. The van der Waals surface area contributed by atoms with Crippen LogP contribution in [0.2, 0.25) is 0 Å². The molecule has 1 aromatic carbocycles. The Morgan fingerprint density at radius 3 is 2.85 bits per heavy atom. The highest BCUT2D eigenvalue weighted by Crippen LogP contribution is 2.27. The van der Waals surface area contributed by atoms with E-state index >= 15 is 0 Å². The van der Waals surface area contributed by atoms with Crippen LogP contribution in [0.4, 0.5) is 5.82 Å². The van der Waals surface area contributed by atoms with Crippen LogP contribution in [0.5, 0.6) is 11.6 Å². The van der Waals surface area contributed by atoms with Crippen molar-refractivity contribution >= 4 is 12.0 Å². The standard InChI is InChI=1S/C14H16N4O2/c1-3-10-6-4-5-7-12(10)20-14-11(8-18-19-2)13(15)16-9-17-14/h4-9H,3H2,1-2H3,(H2,15,16,17)/b18-8-. The van der Waals surface area contributed by atoms with Crippen molar-refractivity contribution in [2.75, 3.05) is 12.8 Å². The molecule has 6 nitrogen and oxygen atoms in total. The first kappa shape index (κ1) is 13.8. The summed E-state index contributed by atoms with van der Waals surface area (Å²) in [4.78, 5) is 12.7. The first-order chi connectivity index (χ1) is 9.76. The summed E-state index contributed by atoms with van der Waals surface area (Å²) < 4.78 is 5.83. The van der Waals surface area contributed by atoms with Gasteiger partial charge >= 0.3 is 0 Å². The summed E-state index contributed by atoms with van der Waals surface area (Å²) in [5.41, 5.74) is 7.38. The van der Waals surface area contributed by atoms with Gasteiger partial charge in [0.1, 0.15) is 30.6 Å². The molecule has 2 rings (SSSR count). The van der Waals surface area contributed by atoms with Gasteiger partial charge in [0.25, 0.3) is 0 Å². The number of aromatic nitrogens is 2. The number of benzene rings is 1. The fourth-order valence-electron chi connectivity index (χ4n) is 1.70. The molecule has 0 aliphatic heterocycles. The zero-order valence-corrected chi connectivity index (χ0v) is 11.4. The van der Waals surface area contributed by atoms with Crippen molar-refractivity contribution in [1.82, 2.24) is 9.97 Å². The van der Waals surface area contributed by atoms with Crippen molar-refractivity contribution in [1.29, 1.82) is 0 Å². The van der Waals surface area contributed by atoms with Gasteiger partial charge in [-0.05, 0) is 18.1 Å². The lowest BCUT2D eigenvalue weighted by molar-refractivity contribution is 0.215. The van der Waals surface area contributed by atoms with Crippen LogP contribution in [-0.4, -0.2) is 23.3 Å². The largest absolute Gasteiger partial charge is 0.438 e. The van der Waals surface area contributed by atoms with E-state index in [1.807, 2.05) is 24.3 Å². The summed E-state index contributed by atoms with van der Waals surface area (Å²) in [5.74, 6) is 1.36. The first-order valence-corrected chi connectivity index (χ1v) is 6.19. The van der Waals surface area contributed by atoms with Crippen molar-refractivity contribution < 1.29 is 9.57 Å². The second kappa shape index (κ2) is 6.51. The van der Waals surface area contributed by atoms with Crippen LogP contribution in [0.3, 0.4) is 0 Å². The van der Waals surface area contributed by atoms with Gasteiger partial charge in [0.2, 0.25) is 5.88 Å². The van der Waals surface area contributed by atoms with E-state index in [1.54, 1.807) is 0 Å². The van der Waals surface area contributed by atoms with Gasteiger partial charge in [0, 0.05) is 0 Å². The van der Waals surface area contributed by atoms with Crippen molar-refractivity contribution in [2.45, 2.75) is 13.3 Å². The fourth-order valence-corrected chi connectivity index (χ4v) is 1.70. The number of oxime groups is 1. The molecule has 0 aliphatic carbocycles. The van der Waals surface area contributed by atoms with E-state index in [-0.39, 0.29) is 5.82 Å². The highest BCUT2D eigenvalue weighted by molar-refractivity contribution is 5.88. The van der Waals surface area contributed by atoms with Gasteiger partial charge in [-0.1, -0.05) is 30.3 Å². The topological polar surface area (TPSA) is 82.6 Å². The number of nitrogens with two attached hydrogens (primary N) is 1. The molecule has 1 heterocycles. The third-order valence-corrected chi connectivity index (χ3v) is 2.73. The predicted molar refractivity (Wildman–Crippen MR) is 76.9 cm³/mol. The maximum absolute atomic E-state index is 5.83. The Morgan fingerprint density at radius 2 is 2.10 bits per heavy atom. The van der Waals surface area contributed by atoms with Crippen molar-refractivity contribution in [3.05, 3.63) is 41.7 Å². The summed E-state index contributed by atoms with van der Waals surface area (Å²) in [5, 5.41) is 3.68.